The molecule has 0 heterocycles. The van der Waals surface area contributed by atoms with Crippen molar-refractivity contribution in [3.8, 4) is 0 Å². The Morgan fingerprint density at radius 1 is 0.380 bits per heavy atom. The van der Waals surface area contributed by atoms with Gasteiger partial charge in [-0.3, -0.25) is 9.59 Å². The Kier molecular flexibility index (Phi) is 59.9. The zero-order valence-corrected chi connectivity index (χ0v) is 48.2. The van der Waals surface area contributed by atoms with Crippen molar-refractivity contribution in [3.63, 3.8) is 0 Å². The topological polar surface area (TPSA) is 95.9 Å². The van der Waals surface area contributed by atoms with Crippen molar-refractivity contribution in [2.45, 2.75) is 379 Å². The largest absolute Gasteiger partial charge is 0.466 e. The maximum Gasteiger partial charge on any atom is 0.305 e. The number of allylic oxidation sites excluding steroid dienone is 1. The number of ether oxygens (including phenoxy) is 1. The van der Waals surface area contributed by atoms with Crippen molar-refractivity contribution < 1.29 is 24.5 Å². The molecule has 0 spiro atoms. The summed E-state index contributed by atoms with van der Waals surface area (Å²) in [6.07, 6.45) is 74.0. The zero-order valence-electron chi connectivity index (χ0n) is 48.2. The Labute approximate surface area is 444 Å². The molecule has 0 aliphatic carbocycles. The first-order chi connectivity index (χ1) is 35.0. The summed E-state index contributed by atoms with van der Waals surface area (Å²) in [5.74, 6) is -0.0470. The summed E-state index contributed by atoms with van der Waals surface area (Å²) in [5.41, 5.74) is 0. The number of esters is 1. The van der Waals surface area contributed by atoms with Crippen LogP contribution in [0, 0.1) is 0 Å². The first kappa shape index (κ1) is 69.6. The number of carbonyl (C=O) groups excluding carboxylic acids is 2. The van der Waals surface area contributed by atoms with Crippen molar-refractivity contribution in [1.82, 2.24) is 5.32 Å². The average molecular weight is 1000 g/mol. The molecule has 2 atom stereocenters. The minimum Gasteiger partial charge on any atom is -0.466 e. The van der Waals surface area contributed by atoms with Crippen LogP contribution in [-0.2, 0) is 14.3 Å². The van der Waals surface area contributed by atoms with Gasteiger partial charge in [0.25, 0.3) is 0 Å². The molecular weight excluding hydrogens is 875 g/mol. The molecule has 6 nitrogen and oxygen atoms in total. The molecule has 0 radical (unpaired) electrons. The van der Waals surface area contributed by atoms with E-state index in [1.165, 1.54) is 302 Å². The first-order valence-electron chi connectivity index (χ1n) is 32.5. The van der Waals surface area contributed by atoms with Crippen molar-refractivity contribution in [3.05, 3.63) is 12.2 Å². The van der Waals surface area contributed by atoms with E-state index in [2.05, 4.69) is 19.2 Å². The number of amides is 1. The Balaban J connectivity index is 3.37. The summed E-state index contributed by atoms with van der Waals surface area (Å²) in [5, 5.41) is 23.2. The molecule has 71 heavy (non-hydrogen) atoms. The van der Waals surface area contributed by atoms with E-state index in [0.29, 0.717) is 19.4 Å². The van der Waals surface area contributed by atoms with Gasteiger partial charge in [0.05, 0.1) is 25.4 Å². The molecule has 2 unspecified atom stereocenters. The standard InChI is InChI=1S/C65H127NO5/c1-3-5-7-9-11-13-15-17-19-30-33-37-41-45-49-53-57-63(68)62(61-67)66-64(69)58-54-50-46-42-38-34-31-27-25-23-21-20-22-24-26-28-32-36-40-44-48-52-56-60-71-65(70)59-55-51-47-43-39-35-29-18-16-14-12-10-8-6-4-2/h53,57,62-63,67-68H,3-52,54-56,58-61H2,1-2H3,(H,66,69)/b57-53+. The molecule has 422 valence electrons. The lowest BCUT2D eigenvalue weighted by atomic mass is 10.0. The number of rotatable bonds is 61. The summed E-state index contributed by atoms with van der Waals surface area (Å²) in [4.78, 5) is 24.5. The Morgan fingerprint density at radius 3 is 0.958 bits per heavy atom. The van der Waals surface area contributed by atoms with Crippen molar-refractivity contribution in [1.29, 1.82) is 0 Å². The maximum absolute atomic E-state index is 12.5. The highest BCUT2D eigenvalue weighted by Gasteiger charge is 2.18. The van der Waals surface area contributed by atoms with Gasteiger partial charge in [0.15, 0.2) is 0 Å². The van der Waals surface area contributed by atoms with Crippen molar-refractivity contribution in [2.24, 2.45) is 0 Å². The van der Waals surface area contributed by atoms with E-state index in [-0.39, 0.29) is 18.5 Å². The predicted octanol–water partition coefficient (Wildman–Crippen LogP) is 20.4. The van der Waals surface area contributed by atoms with Gasteiger partial charge in [-0.25, -0.2) is 0 Å². The van der Waals surface area contributed by atoms with Gasteiger partial charge in [-0.15, -0.1) is 0 Å². The normalized spacial score (nSPS) is 12.6. The van der Waals surface area contributed by atoms with E-state index in [1.807, 2.05) is 6.08 Å². The number of hydrogen-bond donors (Lipinski definition) is 3. The SMILES string of the molecule is CCCCCCCCCCCCCCCC/C=C/C(O)C(CO)NC(=O)CCCCCCCCCCCCCCCCCCCCCCCCCOC(=O)CCCCCCCCCCCCCCCCC. The highest BCUT2D eigenvalue weighted by molar-refractivity contribution is 5.76. The molecule has 0 rings (SSSR count). The van der Waals surface area contributed by atoms with Gasteiger partial charge in [0.2, 0.25) is 5.91 Å². The average Bonchev–Trinajstić information content (AvgIpc) is 3.37. The third kappa shape index (κ3) is 57.7. The molecule has 0 bridgehead atoms. The van der Waals surface area contributed by atoms with E-state index in [0.717, 1.165) is 38.5 Å². The molecule has 0 saturated carbocycles. The second kappa shape index (κ2) is 61.1. The van der Waals surface area contributed by atoms with Gasteiger partial charge in [-0.05, 0) is 32.1 Å². The van der Waals surface area contributed by atoms with Gasteiger partial charge < -0.3 is 20.3 Å². The Bertz CT molecular complexity index is 1060. The number of aliphatic hydroxyl groups excluding tert-OH is 2. The van der Waals surface area contributed by atoms with E-state index < -0.39 is 12.1 Å². The quantitative estimate of drug-likeness (QED) is 0.0320. The summed E-state index contributed by atoms with van der Waals surface area (Å²) < 4.78 is 5.49. The fraction of sp³-hybridized carbons (Fsp3) is 0.938. The van der Waals surface area contributed by atoms with Gasteiger partial charge in [-0.2, -0.15) is 0 Å². The molecule has 3 N–H and O–H groups in total. The molecule has 0 aromatic heterocycles. The van der Waals surface area contributed by atoms with Crippen LogP contribution >= 0.6 is 0 Å². The summed E-state index contributed by atoms with van der Waals surface area (Å²) in [7, 11) is 0. The fourth-order valence-electron chi connectivity index (χ4n) is 10.3. The number of aliphatic hydroxyl groups is 2. The van der Waals surface area contributed by atoms with Gasteiger partial charge in [-0.1, -0.05) is 334 Å². The molecule has 0 aliphatic heterocycles. The van der Waals surface area contributed by atoms with Crippen LogP contribution in [0.25, 0.3) is 0 Å². The molecule has 6 heteroatoms. The van der Waals surface area contributed by atoms with Crippen LogP contribution in [0.4, 0.5) is 0 Å². The fourth-order valence-corrected chi connectivity index (χ4v) is 10.3. The van der Waals surface area contributed by atoms with Crippen LogP contribution < -0.4 is 5.32 Å². The van der Waals surface area contributed by atoms with Crippen LogP contribution in [0.15, 0.2) is 12.2 Å². The Hall–Kier alpha value is -1.40. The third-order valence-corrected chi connectivity index (χ3v) is 15.3. The van der Waals surface area contributed by atoms with Crippen LogP contribution in [0.2, 0.25) is 0 Å². The van der Waals surface area contributed by atoms with E-state index in [1.54, 1.807) is 6.08 Å². The first-order valence-corrected chi connectivity index (χ1v) is 32.5. The monoisotopic (exact) mass is 1000 g/mol. The number of carbonyl (C=O) groups is 2. The highest BCUT2D eigenvalue weighted by atomic mass is 16.5. The van der Waals surface area contributed by atoms with E-state index in [4.69, 9.17) is 4.74 Å². The molecule has 1 amide bonds. The smallest absolute Gasteiger partial charge is 0.305 e. The second-order valence-corrected chi connectivity index (χ2v) is 22.5. The number of hydrogen-bond acceptors (Lipinski definition) is 5. The molecule has 0 aliphatic rings. The lowest BCUT2D eigenvalue weighted by Crippen LogP contribution is -2.45. The Morgan fingerprint density at radius 2 is 0.648 bits per heavy atom. The van der Waals surface area contributed by atoms with Crippen LogP contribution in [0.3, 0.4) is 0 Å². The molecular formula is C65H127NO5. The minimum atomic E-state index is -0.843. The van der Waals surface area contributed by atoms with Gasteiger partial charge in [0.1, 0.15) is 0 Å². The summed E-state index contributed by atoms with van der Waals surface area (Å²) in [6.45, 7) is 4.94. The molecule has 0 fully saturated rings. The molecule has 0 aromatic rings. The van der Waals surface area contributed by atoms with E-state index in [9.17, 15) is 19.8 Å². The molecule has 0 saturated heterocycles. The third-order valence-electron chi connectivity index (χ3n) is 15.3. The van der Waals surface area contributed by atoms with Crippen molar-refractivity contribution >= 4 is 11.9 Å². The lowest BCUT2D eigenvalue weighted by molar-refractivity contribution is -0.143. The van der Waals surface area contributed by atoms with Gasteiger partial charge >= 0.3 is 5.97 Å². The summed E-state index contributed by atoms with van der Waals surface area (Å²) >= 11 is 0. The van der Waals surface area contributed by atoms with Crippen LogP contribution in [-0.4, -0.2) is 47.4 Å². The lowest BCUT2D eigenvalue weighted by Gasteiger charge is -2.20. The maximum atomic E-state index is 12.5. The van der Waals surface area contributed by atoms with Crippen LogP contribution in [0.1, 0.15) is 367 Å². The highest BCUT2D eigenvalue weighted by Crippen LogP contribution is 2.18. The molecule has 0 aromatic carbocycles. The number of unbranched alkanes of at least 4 members (excludes halogenated alkanes) is 50. The summed E-state index contributed by atoms with van der Waals surface area (Å²) in [6, 6.07) is -0.626. The second-order valence-electron chi connectivity index (χ2n) is 22.5. The van der Waals surface area contributed by atoms with Gasteiger partial charge in [0, 0.05) is 12.8 Å². The zero-order chi connectivity index (χ0) is 51.4. The number of nitrogens with one attached hydrogen (secondary N) is 1. The predicted molar refractivity (Wildman–Crippen MR) is 310 cm³/mol. The van der Waals surface area contributed by atoms with Crippen LogP contribution in [0.5, 0.6) is 0 Å². The minimum absolute atomic E-state index is 0.0176. The van der Waals surface area contributed by atoms with Crippen molar-refractivity contribution in [2.75, 3.05) is 13.2 Å². The van der Waals surface area contributed by atoms with E-state index >= 15 is 0 Å².